The third-order valence-electron chi connectivity index (χ3n) is 2.47. The van der Waals surface area contributed by atoms with Crippen molar-refractivity contribution in [3.8, 4) is 5.75 Å². The van der Waals surface area contributed by atoms with Crippen molar-refractivity contribution in [3.63, 3.8) is 0 Å². The van der Waals surface area contributed by atoms with E-state index in [9.17, 15) is 0 Å². The average Bonchev–Trinajstić information content (AvgIpc) is 2.86. The molecule has 2 rings (SSSR count). The molecule has 18 heavy (non-hydrogen) atoms. The second kappa shape index (κ2) is 5.64. The van der Waals surface area contributed by atoms with Gasteiger partial charge in [-0.1, -0.05) is 31.1 Å². The van der Waals surface area contributed by atoms with E-state index >= 15 is 0 Å². The minimum atomic E-state index is 0.0295. The molecule has 2 aromatic rings. The van der Waals surface area contributed by atoms with E-state index < -0.39 is 0 Å². The van der Waals surface area contributed by atoms with Gasteiger partial charge in [0.25, 0.3) is 5.89 Å². The van der Waals surface area contributed by atoms with Crippen molar-refractivity contribution in [2.75, 3.05) is 0 Å². The van der Waals surface area contributed by atoms with Gasteiger partial charge in [-0.3, -0.25) is 0 Å². The summed E-state index contributed by atoms with van der Waals surface area (Å²) in [6.07, 6.45) is 0. The Morgan fingerprint density at radius 2 is 2.00 bits per heavy atom. The Bertz CT molecular complexity index is 491. The van der Waals surface area contributed by atoms with E-state index in [1.54, 1.807) is 12.1 Å². The number of aromatic nitrogens is 2. The Balaban J connectivity index is 1.93. The van der Waals surface area contributed by atoms with Crippen molar-refractivity contribution in [1.82, 2.24) is 10.1 Å². The predicted molar refractivity (Wildman–Crippen MR) is 65.1 cm³/mol. The van der Waals surface area contributed by atoms with Gasteiger partial charge >= 0.3 is 0 Å². The highest BCUT2D eigenvalue weighted by Gasteiger charge is 2.09. The number of aliphatic hydroxyl groups is 1. The Kier molecular flexibility index (Phi) is 3.94. The van der Waals surface area contributed by atoms with Crippen molar-refractivity contribution < 1.29 is 14.4 Å². The second-order valence-corrected chi connectivity index (χ2v) is 4.29. The lowest BCUT2D eigenvalue weighted by Gasteiger charge is -2.03. The summed E-state index contributed by atoms with van der Waals surface area (Å²) < 4.78 is 10.6. The fourth-order valence-corrected chi connectivity index (χ4v) is 1.40. The lowest BCUT2D eigenvalue weighted by atomic mass is 10.2. The van der Waals surface area contributed by atoms with Crippen LogP contribution in [-0.4, -0.2) is 15.2 Å². The monoisotopic (exact) mass is 248 g/mol. The van der Waals surface area contributed by atoms with Gasteiger partial charge in [-0.05, 0) is 17.7 Å². The van der Waals surface area contributed by atoms with Gasteiger partial charge in [0.2, 0.25) is 0 Å². The molecule has 0 bridgehead atoms. The number of aliphatic hydroxyl groups excluding tert-OH is 1. The van der Waals surface area contributed by atoms with E-state index in [0.29, 0.717) is 17.5 Å². The van der Waals surface area contributed by atoms with Crippen molar-refractivity contribution in [3.05, 3.63) is 41.5 Å². The number of nitrogens with zero attached hydrogens (tertiary/aromatic N) is 2. The first-order valence-corrected chi connectivity index (χ1v) is 5.84. The molecule has 0 aliphatic carbocycles. The van der Waals surface area contributed by atoms with Crippen molar-refractivity contribution in [2.24, 2.45) is 0 Å². The second-order valence-electron chi connectivity index (χ2n) is 4.29. The summed E-state index contributed by atoms with van der Waals surface area (Å²) in [5, 5.41) is 12.8. The van der Waals surface area contributed by atoms with Gasteiger partial charge in [0.1, 0.15) is 5.75 Å². The van der Waals surface area contributed by atoms with Crippen molar-refractivity contribution >= 4 is 0 Å². The third kappa shape index (κ3) is 3.07. The van der Waals surface area contributed by atoms with E-state index in [1.165, 1.54) is 0 Å². The number of hydrogen-bond acceptors (Lipinski definition) is 5. The maximum Gasteiger partial charge on any atom is 0.264 e. The van der Waals surface area contributed by atoms with Crippen LogP contribution in [0.3, 0.4) is 0 Å². The standard InChI is InChI=1S/C13H16N2O3/c1-9(2)13-14-12(18-15-13)8-17-11-5-3-10(7-16)4-6-11/h3-6,9,16H,7-8H2,1-2H3. The molecular formula is C13H16N2O3. The third-order valence-corrected chi connectivity index (χ3v) is 2.47. The van der Waals surface area contributed by atoms with Crippen molar-refractivity contribution in [2.45, 2.75) is 33.0 Å². The molecule has 1 aromatic carbocycles. The molecule has 0 radical (unpaired) electrons. The summed E-state index contributed by atoms with van der Waals surface area (Å²) in [5.41, 5.74) is 0.849. The van der Waals surface area contributed by atoms with Gasteiger partial charge in [-0.15, -0.1) is 0 Å². The number of ether oxygens (including phenoxy) is 1. The molecular weight excluding hydrogens is 232 g/mol. The highest BCUT2D eigenvalue weighted by Crippen LogP contribution is 2.15. The molecule has 1 N–H and O–H groups in total. The zero-order valence-corrected chi connectivity index (χ0v) is 10.5. The molecule has 0 spiro atoms. The lowest BCUT2D eigenvalue weighted by Crippen LogP contribution is -1.97. The number of rotatable bonds is 5. The fraction of sp³-hybridized carbons (Fsp3) is 0.385. The highest BCUT2D eigenvalue weighted by atomic mass is 16.5. The maximum absolute atomic E-state index is 8.92. The van der Waals surface area contributed by atoms with Crippen LogP contribution in [0.1, 0.15) is 37.0 Å². The molecule has 0 amide bonds. The first-order valence-electron chi connectivity index (χ1n) is 5.84. The van der Waals surface area contributed by atoms with Crippen LogP contribution in [0.5, 0.6) is 5.75 Å². The molecule has 0 fully saturated rings. The average molecular weight is 248 g/mol. The molecule has 96 valence electrons. The molecule has 1 heterocycles. The smallest absolute Gasteiger partial charge is 0.264 e. The molecule has 0 unspecified atom stereocenters. The first kappa shape index (κ1) is 12.6. The minimum Gasteiger partial charge on any atom is -0.484 e. The predicted octanol–water partition coefficient (Wildman–Crippen LogP) is 2.26. The topological polar surface area (TPSA) is 68.4 Å². The van der Waals surface area contributed by atoms with Crippen LogP contribution in [0, 0.1) is 0 Å². The highest BCUT2D eigenvalue weighted by molar-refractivity contribution is 5.26. The summed E-state index contributed by atoms with van der Waals surface area (Å²) in [5.74, 6) is 2.09. The zero-order chi connectivity index (χ0) is 13.0. The van der Waals surface area contributed by atoms with Gasteiger partial charge in [-0.2, -0.15) is 4.98 Å². The summed E-state index contributed by atoms with van der Waals surface area (Å²) in [7, 11) is 0. The van der Waals surface area contributed by atoms with E-state index in [1.807, 2.05) is 26.0 Å². The molecule has 0 aliphatic heterocycles. The molecule has 5 nitrogen and oxygen atoms in total. The van der Waals surface area contributed by atoms with E-state index in [2.05, 4.69) is 10.1 Å². The van der Waals surface area contributed by atoms with Crippen LogP contribution in [-0.2, 0) is 13.2 Å². The summed E-state index contributed by atoms with van der Waals surface area (Å²) in [6, 6.07) is 7.21. The Labute approximate surface area is 105 Å². The first-order chi connectivity index (χ1) is 8.69. The van der Waals surface area contributed by atoms with E-state index in [-0.39, 0.29) is 19.1 Å². The van der Waals surface area contributed by atoms with Crippen molar-refractivity contribution in [1.29, 1.82) is 0 Å². The Hall–Kier alpha value is -1.88. The normalized spacial score (nSPS) is 10.9. The van der Waals surface area contributed by atoms with Crippen LogP contribution < -0.4 is 4.74 Å². The maximum atomic E-state index is 8.92. The van der Waals surface area contributed by atoms with Crippen LogP contribution in [0.25, 0.3) is 0 Å². The van der Waals surface area contributed by atoms with Crippen LogP contribution in [0.2, 0.25) is 0 Å². The molecule has 1 aromatic heterocycles. The fourth-order valence-electron chi connectivity index (χ4n) is 1.40. The van der Waals surface area contributed by atoms with Gasteiger partial charge in [0, 0.05) is 5.92 Å². The van der Waals surface area contributed by atoms with Gasteiger partial charge in [0.15, 0.2) is 12.4 Å². The summed E-state index contributed by atoms with van der Waals surface area (Å²) in [4.78, 5) is 4.22. The summed E-state index contributed by atoms with van der Waals surface area (Å²) >= 11 is 0. The SMILES string of the molecule is CC(C)c1noc(COc2ccc(CO)cc2)n1. The van der Waals surface area contributed by atoms with Crippen LogP contribution >= 0.6 is 0 Å². The quantitative estimate of drug-likeness (QED) is 0.879. The van der Waals surface area contributed by atoms with E-state index in [4.69, 9.17) is 14.4 Å². The molecule has 0 atom stereocenters. The number of hydrogen-bond donors (Lipinski definition) is 1. The Morgan fingerprint density at radius 3 is 2.56 bits per heavy atom. The van der Waals surface area contributed by atoms with Gasteiger partial charge < -0.3 is 14.4 Å². The molecule has 0 aliphatic rings. The largest absolute Gasteiger partial charge is 0.484 e. The van der Waals surface area contributed by atoms with Gasteiger partial charge in [-0.25, -0.2) is 0 Å². The van der Waals surface area contributed by atoms with Crippen LogP contribution in [0.4, 0.5) is 0 Å². The number of benzene rings is 1. The molecule has 5 heteroatoms. The molecule has 0 saturated carbocycles. The zero-order valence-electron chi connectivity index (χ0n) is 10.5. The van der Waals surface area contributed by atoms with Crippen LogP contribution in [0.15, 0.2) is 28.8 Å². The summed E-state index contributed by atoms with van der Waals surface area (Å²) in [6.45, 7) is 4.28. The minimum absolute atomic E-state index is 0.0295. The Morgan fingerprint density at radius 1 is 1.28 bits per heavy atom. The lowest BCUT2D eigenvalue weighted by molar-refractivity contribution is 0.242. The van der Waals surface area contributed by atoms with Gasteiger partial charge in [0.05, 0.1) is 6.61 Å². The molecule has 0 saturated heterocycles. The van der Waals surface area contributed by atoms with E-state index in [0.717, 1.165) is 5.56 Å².